The van der Waals surface area contributed by atoms with Crippen molar-refractivity contribution in [2.24, 2.45) is 5.92 Å². The summed E-state index contributed by atoms with van der Waals surface area (Å²) in [6.07, 6.45) is 3.79. The summed E-state index contributed by atoms with van der Waals surface area (Å²) in [5.74, 6) is -1.10. The summed E-state index contributed by atoms with van der Waals surface area (Å²) in [5.41, 5.74) is 1.54. The second-order valence-electron chi connectivity index (χ2n) is 8.89. The molecule has 9 heteroatoms. The molecule has 3 saturated heterocycles. The van der Waals surface area contributed by atoms with Gasteiger partial charge < -0.3 is 19.4 Å². The van der Waals surface area contributed by atoms with Crippen molar-refractivity contribution in [2.75, 3.05) is 26.2 Å². The average Bonchev–Trinajstić information content (AvgIpc) is 3.24. The lowest BCUT2D eigenvalue weighted by Gasteiger charge is -2.44. The normalized spacial score (nSPS) is 20.8. The molecule has 0 aliphatic carbocycles. The number of fused-ring (bicyclic) bond motifs is 4. The first-order chi connectivity index (χ1) is 16.4. The first-order valence-electron chi connectivity index (χ1n) is 11.6. The second kappa shape index (κ2) is 10.2. The minimum atomic E-state index is -0.576. The molecule has 5 heterocycles. The van der Waals surface area contributed by atoms with Gasteiger partial charge in [0.2, 0.25) is 5.78 Å². The zero-order valence-corrected chi connectivity index (χ0v) is 20.1. The van der Waals surface area contributed by atoms with Crippen molar-refractivity contribution in [2.45, 2.75) is 25.8 Å². The Morgan fingerprint density at radius 1 is 1.06 bits per heavy atom. The lowest BCUT2D eigenvalue weighted by molar-refractivity contribution is 0.0528. The molecule has 1 N–H and O–H groups in total. The number of piperidine rings is 3. The van der Waals surface area contributed by atoms with Gasteiger partial charge in [-0.05, 0) is 81.2 Å². The number of aromatic nitrogens is 1. The van der Waals surface area contributed by atoms with E-state index in [1.807, 2.05) is 0 Å². The second-order valence-corrected chi connectivity index (χ2v) is 8.89. The number of pyridine rings is 1. The highest BCUT2D eigenvalue weighted by atomic mass is 35.5. The third kappa shape index (κ3) is 4.81. The Bertz CT molecular complexity index is 1270. The molecule has 1 amide bonds. The van der Waals surface area contributed by atoms with E-state index in [2.05, 4.69) is 10.2 Å². The van der Waals surface area contributed by atoms with E-state index in [0.717, 1.165) is 32.5 Å². The number of rotatable bonds is 6. The Morgan fingerprint density at radius 2 is 1.77 bits per heavy atom. The minimum Gasteiger partial charge on any atom is -0.462 e. The molecule has 7 nitrogen and oxygen atoms in total. The van der Waals surface area contributed by atoms with E-state index in [1.54, 1.807) is 29.7 Å². The maximum atomic E-state index is 13.3. The monoisotopic (exact) mass is 499 g/mol. The summed E-state index contributed by atoms with van der Waals surface area (Å²) < 4.78 is 20.1. The van der Waals surface area contributed by atoms with Crippen LogP contribution in [0.4, 0.5) is 4.39 Å². The standard InChI is InChI=1S/C26H26FN3O4.ClH/c1-2-34-26(33)20-14-23(24(31)17-3-5-19(27)6-4-17)30-12-9-18(13-22(20)30)25(32)28-21-15-29-10-7-16(21)8-11-29;/h3-6,9,12-14,16,21H,2,7-8,10-11,15H2,1H3,(H,28,32);1H/t21-;/m0./s1. The number of carbonyl (C=O) groups is 3. The van der Waals surface area contributed by atoms with Gasteiger partial charge in [-0.1, -0.05) is 0 Å². The topological polar surface area (TPSA) is 80.1 Å². The van der Waals surface area contributed by atoms with Gasteiger partial charge in [0, 0.05) is 29.9 Å². The van der Waals surface area contributed by atoms with Crippen molar-refractivity contribution in [1.82, 2.24) is 14.6 Å². The predicted octanol–water partition coefficient (Wildman–Crippen LogP) is 3.73. The first-order valence-corrected chi connectivity index (χ1v) is 11.6. The van der Waals surface area contributed by atoms with Crippen molar-refractivity contribution in [3.05, 3.63) is 76.9 Å². The van der Waals surface area contributed by atoms with Gasteiger partial charge in [-0.3, -0.25) is 9.59 Å². The van der Waals surface area contributed by atoms with Gasteiger partial charge in [0.15, 0.2) is 0 Å². The zero-order chi connectivity index (χ0) is 23.8. The number of hydrogen-bond donors (Lipinski definition) is 1. The van der Waals surface area contributed by atoms with Gasteiger partial charge >= 0.3 is 5.97 Å². The van der Waals surface area contributed by atoms with E-state index in [0.29, 0.717) is 22.6 Å². The summed E-state index contributed by atoms with van der Waals surface area (Å²) in [4.78, 5) is 41.2. The van der Waals surface area contributed by atoms with E-state index >= 15 is 0 Å². The Balaban J connectivity index is 0.00000289. The van der Waals surface area contributed by atoms with Crippen molar-refractivity contribution in [3.63, 3.8) is 0 Å². The molecule has 3 aliphatic rings. The van der Waals surface area contributed by atoms with E-state index in [-0.39, 0.29) is 48.0 Å². The highest BCUT2D eigenvalue weighted by molar-refractivity contribution is 6.11. The number of esters is 1. The third-order valence-corrected chi connectivity index (χ3v) is 6.84. The molecule has 0 unspecified atom stereocenters. The summed E-state index contributed by atoms with van der Waals surface area (Å²) >= 11 is 0. The lowest BCUT2D eigenvalue weighted by atomic mass is 9.84. The fraction of sp³-hybridized carbons (Fsp3) is 0.346. The van der Waals surface area contributed by atoms with Crippen LogP contribution in [-0.4, -0.2) is 59.2 Å². The van der Waals surface area contributed by atoms with Crippen molar-refractivity contribution < 1.29 is 23.5 Å². The Morgan fingerprint density at radius 3 is 2.40 bits per heavy atom. The lowest BCUT2D eigenvalue weighted by Crippen LogP contribution is -2.57. The highest BCUT2D eigenvalue weighted by Crippen LogP contribution is 2.28. The molecule has 1 atom stereocenters. The number of hydrogen-bond acceptors (Lipinski definition) is 5. The van der Waals surface area contributed by atoms with Gasteiger partial charge in [0.25, 0.3) is 5.91 Å². The maximum Gasteiger partial charge on any atom is 0.340 e. The summed E-state index contributed by atoms with van der Waals surface area (Å²) in [7, 11) is 0. The van der Waals surface area contributed by atoms with Gasteiger partial charge in [-0.2, -0.15) is 0 Å². The number of nitrogens with zero attached hydrogens (tertiary/aromatic N) is 2. The van der Waals surface area contributed by atoms with Crippen LogP contribution >= 0.6 is 12.4 Å². The van der Waals surface area contributed by atoms with Crippen molar-refractivity contribution in [3.8, 4) is 0 Å². The van der Waals surface area contributed by atoms with Crippen LogP contribution in [0.25, 0.3) is 5.52 Å². The van der Waals surface area contributed by atoms with Gasteiger partial charge in [0.1, 0.15) is 5.82 Å². The molecule has 2 bridgehead atoms. The molecule has 6 rings (SSSR count). The van der Waals surface area contributed by atoms with Crippen LogP contribution in [0.5, 0.6) is 0 Å². The molecule has 0 radical (unpaired) electrons. The quantitative estimate of drug-likeness (QED) is 0.413. The molecule has 3 aliphatic heterocycles. The van der Waals surface area contributed by atoms with Crippen LogP contribution in [-0.2, 0) is 4.74 Å². The summed E-state index contributed by atoms with van der Waals surface area (Å²) in [6, 6.07) is 10.1. The molecule has 0 saturated carbocycles. The van der Waals surface area contributed by atoms with Crippen molar-refractivity contribution in [1.29, 1.82) is 0 Å². The van der Waals surface area contributed by atoms with Gasteiger partial charge in [0.05, 0.1) is 23.4 Å². The fourth-order valence-corrected chi connectivity index (χ4v) is 5.02. The van der Waals surface area contributed by atoms with Crippen LogP contribution < -0.4 is 5.32 Å². The zero-order valence-electron chi connectivity index (χ0n) is 19.3. The molecule has 0 spiro atoms. The number of ether oxygens (including phenoxy) is 1. The fourth-order valence-electron chi connectivity index (χ4n) is 5.02. The van der Waals surface area contributed by atoms with Crippen LogP contribution in [0.15, 0.2) is 48.7 Å². The van der Waals surface area contributed by atoms with E-state index in [9.17, 15) is 18.8 Å². The van der Waals surface area contributed by atoms with E-state index in [1.165, 1.54) is 30.3 Å². The minimum absolute atomic E-state index is 0. The molecule has 3 fully saturated rings. The first kappa shape index (κ1) is 24.9. The number of nitrogens with one attached hydrogen (secondary N) is 1. The number of ketones is 1. The smallest absolute Gasteiger partial charge is 0.340 e. The average molecular weight is 500 g/mol. The van der Waals surface area contributed by atoms with Gasteiger partial charge in [-0.25, -0.2) is 9.18 Å². The Labute approximate surface area is 208 Å². The van der Waals surface area contributed by atoms with Crippen LogP contribution in [0, 0.1) is 11.7 Å². The number of amides is 1. The molecule has 184 valence electrons. The Kier molecular flexibility index (Phi) is 7.23. The van der Waals surface area contributed by atoms with Crippen LogP contribution in [0.3, 0.4) is 0 Å². The largest absolute Gasteiger partial charge is 0.462 e. The van der Waals surface area contributed by atoms with Crippen molar-refractivity contribution >= 4 is 35.6 Å². The molecule has 1 aromatic carbocycles. The Hall–Kier alpha value is -3.23. The molecular weight excluding hydrogens is 473 g/mol. The predicted molar refractivity (Wildman–Crippen MR) is 131 cm³/mol. The maximum absolute atomic E-state index is 13.3. The number of benzene rings is 1. The molecular formula is C26H27ClFN3O4. The van der Waals surface area contributed by atoms with Crippen LogP contribution in [0.1, 0.15) is 56.5 Å². The van der Waals surface area contributed by atoms with E-state index < -0.39 is 11.8 Å². The third-order valence-electron chi connectivity index (χ3n) is 6.84. The summed E-state index contributed by atoms with van der Waals surface area (Å²) in [6.45, 7) is 4.90. The molecule has 2 aromatic heterocycles. The van der Waals surface area contributed by atoms with Gasteiger partial charge in [-0.15, -0.1) is 12.4 Å². The van der Waals surface area contributed by atoms with Crippen LogP contribution in [0.2, 0.25) is 0 Å². The summed E-state index contributed by atoms with van der Waals surface area (Å²) in [5, 5.41) is 3.16. The number of carbonyl (C=O) groups excluding carboxylic acids is 3. The molecule has 3 aromatic rings. The van der Waals surface area contributed by atoms with E-state index in [4.69, 9.17) is 4.74 Å². The number of halogens is 2. The molecule has 35 heavy (non-hydrogen) atoms. The SMILES string of the molecule is CCOC(=O)c1cc(C(=O)c2ccc(F)cc2)n2ccc(C(=O)N[C@H]3CN4CCC3CC4)cc12.Cl. The highest BCUT2D eigenvalue weighted by Gasteiger charge is 2.35.